The van der Waals surface area contributed by atoms with Crippen molar-refractivity contribution in [2.45, 2.75) is 13.8 Å². The van der Waals surface area contributed by atoms with Crippen molar-refractivity contribution in [3.05, 3.63) is 39.4 Å². The molecule has 0 spiro atoms. The summed E-state index contributed by atoms with van der Waals surface area (Å²) in [5, 5.41) is 10.6. The highest BCUT2D eigenvalue weighted by molar-refractivity contribution is 5.51. The van der Waals surface area contributed by atoms with Gasteiger partial charge in [-0.3, -0.25) is 10.1 Å². The highest BCUT2D eigenvalue weighted by Crippen LogP contribution is 2.16. The lowest BCUT2D eigenvalue weighted by Crippen LogP contribution is -1.90. The lowest BCUT2D eigenvalue weighted by Gasteiger charge is -1.95. The minimum Gasteiger partial charge on any atom is -0.258 e. The predicted octanol–water partition coefficient (Wildman–Crippen LogP) is 2.34. The SMILES string of the molecule is CC#Cc1cc(C#CC)cc([N+](=O)[O-])c1. The summed E-state index contributed by atoms with van der Waals surface area (Å²) in [6.45, 7) is 3.37. The van der Waals surface area contributed by atoms with Crippen molar-refractivity contribution in [1.82, 2.24) is 0 Å². The monoisotopic (exact) mass is 199 g/mol. The Morgan fingerprint density at radius 3 is 1.87 bits per heavy atom. The molecule has 0 saturated heterocycles. The maximum Gasteiger partial charge on any atom is 0.271 e. The number of rotatable bonds is 1. The summed E-state index contributed by atoms with van der Waals surface area (Å²) in [6, 6.07) is 4.62. The van der Waals surface area contributed by atoms with Gasteiger partial charge >= 0.3 is 0 Å². The van der Waals surface area contributed by atoms with Gasteiger partial charge in [0, 0.05) is 23.3 Å². The third-order valence-electron chi connectivity index (χ3n) is 1.67. The Balaban J connectivity index is 3.34. The summed E-state index contributed by atoms with van der Waals surface area (Å²) >= 11 is 0. The van der Waals surface area contributed by atoms with E-state index >= 15 is 0 Å². The molecular weight excluding hydrogens is 190 g/mol. The molecule has 1 aromatic carbocycles. The predicted molar refractivity (Wildman–Crippen MR) is 58.2 cm³/mol. The van der Waals surface area contributed by atoms with Crippen LogP contribution < -0.4 is 0 Å². The summed E-state index contributed by atoms with van der Waals surface area (Å²) in [6.07, 6.45) is 0. The van der Waals surface area contributed by atoms with E-state index in [9.17, 15) is 10.1 Å². The van der Waals surface area contributed by atoms with E-state index in [1.165, 1.54) is 12.1 Å². The summed E-state index contributed by atoms with van der Waals surface area (Å²) in [5.41, 5.74) is 1.25. The van der Waals surface area contributed by atoms with Gasteiger partial charge in [-0.2, -0.15) is 0 Å². The van der Waals surface area contributed by atoms with Crippen LogP contribution in [0.2, 0.25) is 0 Å². The third kappa shape index (κ3) is 2.86. The standard InChI is InChI=1S/C12H9NO2/c1-3-5-10-7-11(6-4-2)9-12(8-10)13(14)15/h7-9H,1-2H3. The van der Waals surface area contributed by atoms with E-state index in [1.54, 1.807) is 19.9 Å². The van der Waals surface area contributed by atoms with Crippen molar-refractivity contribution in [1.29, 1.82) is 0 Å². The maximum atomic E-state index is 10.6. The van der Waals surface area contributed by atoms with Crippen LogP contribution >= 0.6 is 0 Å². The molecule has 0 radical (unpaired) electrons. The van der Waals surface area contributed by atoms with E-state index in [2.05, 4.69) is 23.7 Å². The number of benzene rings is 1. The Hall–Kier alpha value is -2.26. The molecule has 0 aromatic heterocycles. The zero-order chi connectivity index (χ0) is 11.3. The van der Waals surface area contributed by atoms with Crippen LogP contribution in [0.4, 0.5) is 5.69 Å². The van der Waals surface area contributed by atoms with Gasteiger partial charge in [-0.15, -0.1) is 11.8 Å². The third-order valence-corrected chi connectivity index (χ3v) is 1.67. The topological polar surface area (TPSA) is 43.1 Å². The molecule has 3 heteroatoms. The van der Waals surface area contributed by atoms with Gasteiger partial charge in [0.1, 0.15) is 0 Å². The molecule has 0 amide bonds. The molecule has 3 nitrogen and oxygen atoms in total. The molecule has 0 unspecified atom stereocenters. The summed E-state index contributed by atoms with van der Waals surface area (Å²) in [7, 11) is 0. The van der Waals surface area contributed by atoms with Gasteiger partial charge in [-0.25, -0.2) is 0 Å². The van der Waals surface area contributed by atoms with Gasteiger partial charge < -0.3 is 0 Å². The van der Waals surface area contributed by atoms with Crippen LogP contribution in [0.3, 0.4) is 0 Å². The minimum atomic E-state index is -0.443. The molecule has 0 bridgehead atoms. The van der Waals surface area contributed by atoms with Crippen molar-refractivity contribution in [2.24, 2.45) is 0 Å². The second-order valence-electron chi connectivity index (χ2n) is 2.78. The fraction of sp³-hybridized carbons (Fsp3) is 0.167. The first kappa shape index (κ1) is 10.8. The van der Waals surface area contributed by atoms with E-state index in [0.29, 0.717) is 11.1 Å². The molecule has 0 aliphatic heterocycles. The fourth-order valence-corrected chi connectivity index (χ4v) is 1.15. The van der Waals surface area contributed by atoms with Gasteiger partial charge in [-0.05, 0) is 19.9 Å². The largest absolute Gasteiger partial charge is 0.271 e. The van der Waals surface area contributed by atoms with Crippen molar-refractivity contribution in [2.75, 3.05) is 0 Å². The van der Waals surface area contributed by atoms with Crippen LogP contribution in [0.1, 0.15) is 25.0 Å². The second-order valence-corrected chi connectivity index (χ2v) is 2.78. The van der Waals surface area contributed by atoms with Crippen LogP contribution in [0.25, 0.3) is 0 Å². The lowest BCUT2D eigenvalue weighted by atomic mass is 10.1. The molecular formula is C12H9NO2. The normalized spacial score (nSPS) is 8.13. The van der Waals surface area contributed by atoms with Gasteiger partial charge in [-0.1, -0.05) is 11.8 Å². The smallest absolute Gasteiger partial charge is 0.258 e. The average Bonchev–Trinajstić information content (AvgIpc) is 2.18. The molecule has 0 heterocycles. The molecule has 1 aromatic rings. The Kier molecular flexibility index (Phi) is 3.49. The summed E-state index contributed by atoms with van der Waals surface area (Å²) in [4.78, 5) is 10.2. The van der Waals surface area contributed by atoms with Crippen LogP contribution in [0.5, 0.6) is 0 Å². The molecule has 0 N–H and O–H groups in total. The number of nitro groups is 1. The molecule has 1 rings (SSSR count). The number of nitro benzene ring substituents is 1. The Labute approximate surface area is 88.3 Å². The highest BCUT2D eigenvalue weighted by atomic mass is 16.6. The van der Waals surface area contributed by atoms with E-state index in [4.69, 9.17) is 0 Å². The van der Waals surface area contributed by atoms with Gasteiger partial charge in [0.2, 0.25) is 0 Å². The van der Waals surface area contributed by atoms with E-state index in [0.717, 1.165) is 0 Å². The summed E-state index contributed by atoms with van der Waals surface area (Å²) in [5.74, 6) is 11.0. The lowest BCUT2D eigenvalue weighted by molar-refractivity contribution is -0.384. The Bertz CT molecular complexity index is 472. The quantitative estimate of drug-likeness (QED) is 0.396. The van der Waals surface area contributed by atoms with Crippen molar-refractivity contribution in [3.63, 3.8) is 0 Å². The molecule has 74 valence electrons. The maximum absolute atomic E-state index is 10.6. The second kappa shape index (κ2) is 4.83. The molecule has 0 aliphatic rings. The first-order valence-corrected chi connectivity index (χ1v) is 4.32. The highest BCUT2D eigenvalue weighted by Gasteiger charge is 2.07. The number of hydrogen-bond donors (Lipinski definition) is 0. The first-order chi connectivity index (χ1) is 7.17. The van der Waals surface area contributed by atoms with Crippen LogP contribution in [-0.2, 0) is 0 Å². The zero-order valence-corrected chi connectivity index (χ0v) is 8.50. The fourth-order valence-electron chi connectivity index (χ4n) is 1.15. The van der Waals surface area contributed by atoms with Crippen molar-refractivity contribution in [3.8, 4) is 23.7 Å². The molecule has 15 heavy (non-hydrogen) atoms. The number of hydrogen-bond acceptors (Lipinski definition) is 2. The van der Waals surface area contributed by atoms with Crippen LogP contribution in [0.15, 0.2) is 18.2 Å². The van der Waals surface area contributed by atoms with Gasteiger partial charge in [0.25, 0.3) is 5.69 Å². The van der Waals surface area contributed by atoms with Gasteiger partial charge in [0.05, 0.1) is 4.92 Å². The Morgan fingerprint density at radius 2 is 1.53 bits per heavy atom. The van der Waals surface area contributed by atoms with E-state index in [1.807, 2.05) is 0 Å². The van der Waals surface area contributed by atoms with Gasteiger partial charge in [0.15, 0.2) is 0 Å². The van der Waals surface area contributed by atoms with E-state index in [-0.39, 0.29) is 5.69 Å². The molecule has 0 saturated carbocycles. The molecule has 0 fully saturated rings. The Morgan fingerprint density at radius 1 is 1.07 bits per heavy atom. The van der Waals surface area contributed by atoms with Crippen LogP contribution in [-0.4, -0.2) is 4.92 Å². The number of non-ortho nitro benzene ring substituents is 1. The molecule has 0 aliphatic carbocycles. The van der Waals surface area contributed by atoms with E-state index < -0.39 is 4.92 Å². The average molecular weight is 199 g/mol. The zero-order valence-electron chi connectivity index (χ0n) is 8.50. The van der Waals surface area contributed by atoms with Crippen molar-refractivity contribution < 1.29 is 4.92 Å². The van der Waals surface area contributed by atoms with Crippen molar-refractivity contribution >= 4 is 5.69 Å². The molecule has 0 atom stereocenters. The van der Waals surface area contributed by atoms with Crippen LogP contribution in [0, 0.1) is 33.8 Å². The summed E-state index contributed by atoms with van der Waals surface area (Å²) < 4.78 is 0. The number of nitrogens with zero attached hydrogens (tertiary/aromatic N) is 1. The first-order valence-electron chi connectivity index (χ1n) is 4.32. The minimum absolute atomic E-state index is 0.0213.